The molecule has 2 aliphatic heterocycles. The summed E-state index contributed by atoms with van der Waals surface area (Å²) in [6.45, 7) is 6.19. The number of nitrogens with two attached hydrogens (primary N) is 1. The van der Waals surface area contributed by atoms with Crippen molar-refractivity contribution in [2.24, 2.45) is 0 Å². The first-order valence-corrected chi connectivity index (χ1v) is 12.0. The zero-order chi connectivity index (χ0) is 24.5. The van der Waals surface area contributed by atoms with Crippen LogP contribution in [0.4, 0.5) is 10.6 Å². The molecule has 1 unspecified atom stereocenters. The summed E-state index contributed by atoms with van der Waals surface area (Å²) in [7, 11) is 0. The molecule has 0 bridgehead atoms. The topological polar surface area (TPSA) is 109 Å². The van der Waals surface area contributed by atoms with E-state index in [4.69, 9.17) is 10.7 Å². The molecule has 6 rings (SSSR count). The molecule has 1 atom stereocenters. The number of nitrogens with zero attached hydrogens (tertiary/aromatic N) is 5. The van der Waals surface area contributed by atoms with Gasteiger partial charge >= 0.3 is 6.03 Å². The van der Waals surface area contributed by atoms with Gasteiger partial charge in [-0.2, -0.15) is 9.61 Å². The van der Waals surface area contributed by atoms with Gasteiger partial charge < -0.3 is 10.6 Å². The van der Waals surface area contributed by atoms with E-state index in [2.05, 4.69) is 51.7 Å². The SMILES string of the molecule is CC.Nc1cc(CN2CCN3C(=O)NC(=O)C3C2)nc2c(C3=Cc4ccccc4CC=C3)cnn12. The summed E-state index contributed by atoms with van der Waals surface area (Å²) in [5, 5.41) is 6.86. The van der Waals surface area contributed by atoms with Crippen LogP contribution in [0.3, 0.4) is 0 Å². The molecule has 0 radical (unpaired) electrons. The molecular formula is C26H29N7O2. The molecule has 9 heteroatoms. The average Bonchev–Trinajstić information content (AvgIpc) is 3.33. The fourth-order valence-electron chi connectivity index (χ4n) is 4.82. The Kier molecular flexibility index (Phi) is 6.08. The number of allylic oxidation sites excluding steroid dienone is 3. The highest BCUT2D eigenvalue weighted by Gasteiger charge is 2.41. The second kappa shape index (κ2) is 9.34. The minimum Gasteiger partial charge on any atom is -0.384 e. The molecule has 35 heavy (non-hydrogen) atoms. The van der Waals surface area contributed by atoms with Crippen LogP contribution < -0.4 is 11.1 Å². The third kappa shape index (κ3) is 4.19. The standard InChI is InChI=1S/C24H23N7O2.C2H6/c25-21-11-18(13-29-8-9-30-20(14-29)23(32)28-24(30)33)27-22-19(12-26-31(21)22)17-7-3-6-15-4-1-2-5-16(15)10-17;1-2/h1-5,7,10-12,20H,6,8-9,13-14,25H2,(H,28,32,33);1-2H3. The number of rotatable bonds is 3. The van der Waals surface area contributed by atoms with Gasteiger partial charge in [-0.05, 0) is 29.2 Å². The van der Waals surface area contributed by atoms with Crippen LogP contribution in [0.25, 0.3) is 17.3 Å². The van der Waals surface area contributed by atoms with Crippen molar-refractivity contribution in [1.29, 1.82) is 0 Å². The first-order valence-electron chi connectivity index (χ1n) is 12.0. The molecule has 3 aliphatic rings. The predicted octanol–water partition coefficient (Wildman–Crippen LogP) is 2.73. The predicted molar refractivity (Wildman–Crippen MR) is 135 cm³/mol. The van der Waals surface area contributed by atoms with Crippen LogP contribution in [-0.4, -0.2) is 62.0 Å². The number of anilines is 1. The average molecular weight is 472 g/mol. The number of hydrogen-bond acceptors (Lipinski definition) is 6. The molecule has 1 aromatic carbocycles. The number of hydrogen-bond donors (Lipinski definition) is 2. The number of piperazine rings is 1. The molecule has 3 N–H and O–H groups in total. The molecule has 0 saturated carbocycles. The first-order chi connectivity index (χ1) is 17.1. The minimum atomic E-state index is -0.445. The van der Waals surface area contributed by atoms with E-state index in [1.807, 2.05) is 26.0 Å². The highest BCUT2D eigenvalue weighted by molar-refractivity contribution is 6.04. The van der Waals surface area contributed by atoms with E-state index in [1.54, 1.807) is 15.6 Å². The van der Waals surface area contributed by atoms with Crippen molar-refractivity contribution >= 4 is 35.1 Å². The van der Waals surface area contributed by atoms with Crippen LogP contribution in [0, 0.1) is 0 Å². The molecule has 0 spiro atoms. The van der Waals surface area contributed by atoms with Gasteiger partial charge in [0.05, 0.1) is 11.9 Å². The molecule has 4 heterocycles. The van der Waals surface area contributed by atoms with E-state index < -0.39 is 6.04 Å². The number of urea groups is 1. The molecule has 9 nitrogen and oxygen atoms in total. The summed E-state index contributed by atoms with van der Waals surface area (Å²) < 4.78 is 1.66. The van der Waals surface area contributed by atoms with E-state index in [1.165, 1.54) is 11.1 Å². The lowest BCUT2D eigenvalue weighted by atomic mass is 10.0. The molecule has 2 saturated heterocycles. The lowest BCUT2D eigenvalue weighted by Gasteiger charge is -2.35. The second-order valence-corrected chi connectivity index (χ2v) is 8.61. The maximum absolute atomic E-state index is 12.1. The zero-order valence-corrected chi connectivity index (χ0v) is 19.9. The third-order valence-corrected chi connectivity index (χ3v) is 6.51. The van der Waals surface area contributed by atoms with E-state index in [9.17, 15) is 9.59 Å². The monoisotopic (exact) mass is 471 g/mol. The number of aromatic nitrogens is 3. The van der Waals surface area contributed by atoms with Gasteiger partial charge in [0, 0.05) is 37.8 Å². The molecule has 3 aromatic rings. The fourth-order valence-corrected chi connectivity index (χ4v) is 4.82. The Labute approximate surface area is 203 Å². The summed E-state index contributed by atoms with van der Waals surface area (Å²) in [5.74, 6) is 0.269. The van der Waals surface area contributed by atoms with Crippen LogP contribution in [0.5, 0.6) is 0 Å². The van der Waals surface area contributed by atoms with Gasteiger partial charge in [0.25, 0.3) is 5.91 Å². The van der Waals surface area contributed by atoms with E-state index in [-0.39, 0.29) is 11.9 Å². The number of imide groups is 1. The van der Waals surface area contributed by atoms with Crippen LogP contribution in [0.15, 0.2) is 48.7 Å². The molecule has 1 aliphatic carbocycles. The van der Waals surface area contributed by atoms with Gasteiger partial charge in [-0.15, -0.1) is 0 Å². The number of fused-ring (bicyclic) bond motifs is 3. The summed E-state index contributed by atoms with van der Waals surface area (Å²) in [6, 6.07) is 9.43. The Morgan fingerprint density at radius 2 is 2.00 bits per heavy atom. The third-order valence-electron chi connectivity index (χ3n) is 6.51. The minimum absolute atomic E-state index is 0.238. The van der Waals surface area contributed by atoms with Crippen molar-refractivity contribution in [2.75, 3.05) is 25.4 Å². The fraction of sp³-hybridized carbons (Fsp3) is 0.308. The first kappa shape index (κ1) is 22.8. The zero-order valence-electron chi connectivity index (χ0n) is 19.9. The van der Waals surface area contributed by atoms with Crippen LogP contribution in [-0.2, 0) is 17.8 Å². The van der Waals surface area contributed by atoms with Gasteiger partial charge in [-0.25, -0.2) is 9.78 Å². The highest BCUT2D eigenvalue weighted by Crippen LogP contribution is 2.28. The number of nitrogen functional groups attached to an aromatic ring is 1. The quantitative estimate of drug-likeness (QED) is 0.569. The molecule has 3 amide bonds. The maximum Gasteiger partial charge on any atom is 0.324 e. The van der Waals surface area contributed by atoms with Gasteiger partial charge in [0.2, 0.25) is 0 Å². The molecule has 2 fully saturated rings. The van der Waals surface area contributed by atoms with Gasteiger partial charge in [0.15, 0.2) is 5.65 Å². The van der Waals surface area contributed by atoms with Crippen molar-refractivity contribution in [1.82, 2.24) is 29.7 Å². The summed E-state index contributed by atoms with van der Waals surface area (Å²) >= 11 is 0. The maximum atomic E-state index is 12.1. The number of amides is 3. The van der Waals surface area contributed by atoms with Crippen molar-refractivity contribution in [2.45, 2.75) is 32.9 Å². The Hall–Kier alpha value is -3.98. The Balaban J connectivity index is 0.00000124. The van der Waals surface area contributed by atoms with Crippen molar-refractivity contribution in [3.8, 4) is 0 Å². The Bertz CT molecular complexity index is 1360. The van der Waals surface area contributed by atoms with Gasteiger partial charge in [-0.3, -0.25) is 15.0 Å². The summed E-state index contributed by atoms with van der Waals surface area (Å²) in [6.07, 6.45) is 9.10. The second-order valence-electron chi connectivity index (χ2n) is 8.61. The molecular weight excluding hydrogens is 442 g/mol. The molecule has 180 valence electrons. The largest absolute Gasteiger partial charge is 0.384 e. The van der Waals surface area contributed by atoms with Gasteiger partial charge in [0.1, 0.15) is 11.9 Å². The number of nitrogens with one attached hydrogen (secondary N) is 1. The Morgan fingerprint density at radius 1 is 1.17 bits per heavy atom. The lowest BCUT2D eigenvalue weighted by Crippen LogP contribution is -2.52. The summed E-state index contributed by atoms with van der Waals surface area (Å²) in [5.41, 5.74) is 12.2. The smallest absolute Gasteiger partial charge is 0.324 e. The van der Waals surface area contributed by atoms with E-state index in [0.29, 0.717) is 37.6 Å². The van der Waals surface area contributed by atoms with Crippen molar-refractivity contribution in [3.05, 3.63) is 71.1 Å². The van der Waals surface area contributed by atoms with Crippen LogP contribution in [0.2, 0.25) is 0 Å². The molecule has 2 aromatic heterocycles. The number of carbonyl (C=O) groups is 2. The number of benzene rings is 1. The van der Waals surface area contributed by atoms with Gasteiger partial charge in [-0.1, -0.05) is 50.3 Å². The normalized spacial score (nSPS) is 19.4. The number of carbonyl (C=O) groups excluding carboxylic acids is 2. The summed E-state index contributed by atoms with van der Waals surface area (Å²) in [4.78, 5) is 32.6. The Morgan fingerprint density at radius 3 is 2.86 bits per heavy atom. The lowest BCUT2D eigenvalue weighted by molar-refractivity contribution is -0.122. The van der Waals surface area contributed by atoms with Crippen molar-refractivity contribution < 1.29 is 9.59 Å². The van der Waals surface area contributed by atoms with Crippen LogP contribution in [0.1, 0.15) is 36.2 Å². The van der Waals surface area contributed by atoms with E-state index in [0.717, 1.165) is 23.3 Å². The van der Waals surface area contributed by atoms with Crippen LogP contribution >= 0.6 is 0 Å². The van der Waals surface area contributed by atoms with Crippen molar-refractivity contribution in [3.63, 3.8) is 0 Å². The highest BCUT2D eigenvalue weighted by atomic mass is 16.2. The van der Waals surface area contributed by atoms with E-state index >= 15 is 0 Å².